The molecule has 1 unspecified atom stereocenters. The Morgan fingerprint density at radius 3 is 3.06 bits per heavy atom. The third-order valence-corrected chi connectivity index (χ3v) is 3.78. The summed E-state index contributed by atoms with van der Waals surface area (Å²) in [6.07, 6.45) is 0. The standard InChI is InChI=1S/C10H19N5S/c1-14-3-4-15(2)8(7-14)6-12-10-5-9(11)13-16-10/h5,8,12H,3-4,6-7H2,1-2H3,(H2,11,13). The summed E-state index contributed by atoms with van der Waals surface area (Å²) < 4.78 is 4.05. The largest absolute Gasteiger partial charge is 0.383 e. The summed E-state index contributed by atoms with van der Waals surface area (Å²) in [5.74, 6) is 0.599. The monoisotopic (exact) mass is 241 g/mol. The predicted molar refractivity (Wildman–Crippen MR) is 68.9 cm³/mol. The average molecular weight is 241 g/mol. The molecule has 0 spiro atoms. The van der Waals surface area contributed by atoms with Gasteiger partial charge in [-0.2, -0.15) is 4.37 Å². The first-order chi connectivity index (χ1) is 7.65. The number of nitrogens with two attached hydrogens (primary N) is 1. The molecule has 1 atom stereocenters. The van der Waals surface area contributed by atoms with Crippen molar-refractivity contribution in [3.05, 3.63) is 6.07 Å². The second kappa shape index (κ2) is 4.99. The van der Waals surface area contributed by atoms with Crippen LogP contribution in [0.2, 0.25) is 0 Å². The lowest BCUT2D eigenvalue weighted by Gasteiger charge is -2.37. The summed E-state index contributed by atoms with van der Waals surface area (Å²) in [7, 11) is 4.35. The lowest BCUT2D eigenvalue weighted by atomic mass is 10.2. The van der Waals surface area contributed by atoms with Gasteiger partial charge >= 0.3 is 0 Å². The van der Waals surface area contributed by atoms with E-state index >= 15 is 0 Å². The van der Waals surface area contributed by atoms with Gasteiger partial charge in [-0.15, -0.1) is 0 Å². The molecule has 1 fully saturated rings. The Bertz CT molecular complexity index is 340. The summed E-state index contributed by atoms with van der Waals surface area (Å²) in [5.41, 5.74) is 5.58. The van der Waals surface area contributed by atoms with E-state index in [2.05, 4.69) is 33.6 Å². The second-order valence-corrected chi connectivity index (χ2v) is 5.20. The first-order valence-corrected chi connectivity index (χ1v) is 6.27. The van der Waals surface area contributed by atoms with Crippen LogP contribution in [0, 0.1) is 0 Å². The molecule has 1 saturated heterocycles. The maximum atomic E-state index is 5.58. The van der Waals surface area contributed by atoms with E-state index in [1.165, 1.54) is 11.5 Å². The van der Waals surface area contributed by atoms with Gasteiger partial charge in [0.2, 0.25) is 0 Å². The molecule has 2 heterocycles. The van der Waals surface area contributed by atoms with Crippen LogP contribution in [0.3, 0.4) is 0 Å². The lowest BCUT2D eigenvalue weighted by Crippen LogP contribution is -2.52. The van der Waals surface area contributed by atoms with Crippen LogP contribution in [0.15, 0.2) is 6.07 Å². The molecule has 90 valence electrons. The van der Waals surface area contributed by atoms with Crippen LogP contribution < -0.4 is 11.1 Å². The highest BCUT2D eigenvalue weighted by atomic mass is 32.1. The number of likely N-dealkylation sites (N-methyl/N-ethyl adjacent to an activating group) is 2. The van der Waals surface area contributed by atoms with Crippen molar-refractivity contribution in [3.8, 4) is 0 Å². The average Bonchev–Trinajstić information content (AvgIpc) is 2.66. The number of nitrogens with one attached hydrogen (secondary N) is 1. The van der Waals surface area contributed by atoms with E-state index in [0.717, 1.165) is 31.2 Å². The van der Waals surface area contributed by atoms with Gasteiger partial charge in [0.25, 0.3) is 0 Å². The van der Waals surface area contributed by atoms with Crippen molar-refractivity contribution in [2.24, 2.45) is 0 Å². The maximum absolute atomic E-state index is 5.58. The fraction of sp³-hybridized carbons (Fsp3) is 0.700. The zero-order valence-corrected chi connectivity index (χ0v) is 10.6. The molecule has 1 aliphatic rings. The fourth-order valence-corrected chi connectivity index (χ4v) is 2.49. The Kier molecular flexibility index (Phi) is 3.63. The molecule has 16 heavy (non-hydrogen) atoms. The second-order valence-electron chi connectivity index (χ2n) is 4.39. The number of hydrogen-bond acceptors (Lipinski definition) is 6. The van der Waals surface area contributed by atoms with E-state index in [1.807, 2.05) is 6.07 Å². The predicted octanol–water partition coefficient (Wildman–Crippen LogP) is 0.383. The maximum Gasteiger partial charge on any atom is 0.139 e. The normalized spacial score (nSPS) is 23.5. The summed E-state index contributed by atoms with van der Waals surface area (Å²) >= 11 is 1.42. The highest BCUT2D eigenvalue weighted by Crippen LogP contribution is 2.18. The van der Waals surface area contributed by atoms with Gasteiger partial charge in [0.15, 0.2) is 0 Å². The molecule has 0 saturated carbocycles. The molecule has 0 radical (unpaired) electrons. The van der Waals surface area contributed by atoms with E-state index in [1.54, 1.807) is 0 Å². The molecule has 6 heteroatoms. The smallest absolute Gasteiger partial charge is 0.139 e. The van der Waals surface area contributed by atoms with Gasteiger partial charge in [-0.1, -0.05) is 0 Å². The molecule has 2 rings (SSSR count). The summed E-state index contributed by atoms with van der Waals surface area (Å²) in [5, 5.41) is 4.45. The van der Waals surface area contributed by atoms with Crippen LogP contribution in [0.1, 0.15) is 0 Å². The van der Waals surface area contributed by atoms with Crippen molar-refractivity contribution in [3.63, 3.8) is 0 Å². The van der Waals surface area contributed by atoms with Crippen LogP contribution in [0.25, 0.3) is 0 Å². The molecule has 1 aromatic rings. The number of piperazine rings is 1. The van der Waals surface area contributed by atoms with E-state index in [0.29, 0.717) is 11.9 Å². The Balaban J connectivity index is 1.84. The van der Waals surface area contributed by atoms with Crippen molar-refractivity contribution in [2.75, 3.05) is 51.3 Å². The SMILES string of the molecule is CN1CCN(C)C(CNc2cc(N)ns2)C1. The van der Waals surface area contributed by atoms with Crippen LogP contribution in [0.4, 0.5) is 10.8 Å². The first-order valence-electron chi connectivity index (χ1n) is 5.50. The molecule has 0 aliphatic carbocycles. The number of hydrogen-bond donors (Lipinski definition) is 2. The van der Waals surface area contributed by atoms with Crippen LogP contribution in [-0.2, 0) is 0 Å². The Morgan fingerprint density at radius 1 is 1.56 bits per heavy atom. The Labute approximate surface area is 100 Å². The quantitative estimate of drug-likeness (QED) is 0.801. The van der Waals surface area contributed by atoms with Crippen molar-refractivity contribution in [2.45, 2.75) is 6.04 Å². The van der Waals surface area contributed by atoms with E-state index < -0.39 is 0 Å². The molecule has 1 aliphatic heterocycles. The van der Waals surface area contributed by atoms with Crippen LogP contribution in [0.5, 0.6) is 0 Å². The molecule has 0 bridgehead atoms. The number of anilines is 2. The van der Waals surface area contributed by atoms with E-state index in [9.17, 15) is 0 Å². The van der Waals surface area contributed by atoms with Gasteiger partial charge in [0, 0.05) is 38.3 Å². The van der Waals surface area contributed by atoms with Crippen LogP contribution >= 0.6 is 11.5 Å². The fourth-order valence-electron chi connectivity index (χ4n) is 1.91. The zero-order chi connectivity index (χ0) is 11.5. The minimum atomic E-state index is 0.557. The topological polar surface area (TPSA) is 57.4 Å². The molecular weight excluding hydrogens is 222 g/mol. The minimum Gasteiger partial charge on any atom is -0.383 e. The van der Waals surface area contributed by atoms with Gasteiger partial charge in [0.05, 0.1) is 0 Å². The highest BCUT2D eigenvalue weighted by molar-refractivity contribution is 7.10. The number of rotatable bonds is 3. The van der Waals surface area contributed by atoms with Crippen molar-refractivity contribution in [1.82, 2.24) is 14.2 Å². The van der Waals surface area contributed by atoms with Gasteiger partial charge in [-0.05, 0) is 25.6 Å². The van der Waals surface area contributed by atoms with Crippen molar-refractivity contribution < 1.29 is 0 Å². The van der Waals surface area contributed by atoms with Crippen molar-refractivity contribution >= 4 is 22.4 Å². The Hall–Kier alpha value is -0.850. The van der Waals surface area contributed by atoms with Crippen LogP contribution in [-0.4, -0.2) is 60.5 Å². The third-order valence-electron chi connectivity index (χ3n) is 3.02. The first kappa shape index (κ1) is 11.6. The number of nitrogens with zero attached hydrogens (tertiary/aromatic N) is 3. The molecule has 0 aromatic carbocycles. The zero-order valence-electron chi connectivity index (χ0n) is 9.81. The van der Waals surface area contributed by atoms with Gasteiger partial charge < -0.3 is 16.0 Å². The van der Waals surface area contributed by atoms with Gasteiger partial charge in [-0.25, -0.2) is 0 Å². The summed E-state index contributed by atoms with van der Waals surface area (Å²) in [4.78, 5) is 4.77. The minimum absolute atomic E-state index is 0.557. The molecule has 3 N–H and O–H groups in total. The summed E-state index contributed by atoms with van der Waals surface area (Å²) in [6.45, 7) is 4.34. The number of nitrogen functional groups attached to an aromatic ring is 1. The molecular formula is C10H19N5S. The molecule has 1 aromatic heterocycles. The Morgan fingerprint density at radius 2 is 2.38 bits per heavy atom. The lowest BCUT2D eigenvalue weighted by molar-refractivity contribution is 0.122. The summed E-state index contributed by atoms with van der Waals surface area (Å²) in [6, 6.07) is 2.44. The van der Waals surface area contributed by atoms with Gasteiger partial charge in [-0.3, -0.25) is 4.90 Å². The van der Waals surface area contributed by atoms with Crippen molar-refractivity contribution in [1.29, 1.82) is 0 Å². The highest BCUT2D eigenvalue weighted by Gasteiger charge is 2.21. The van der Waals surface area contributed by atoms with E-state index in [-0.39, 0.29) is 0 Å². The molecule has 5 nitrogen and oxygen atoms in total. The van der Waals surface area contributed by atoms with E-state index in [4.69, 9.17) is 5.73 Å². The molecule has 0 amide bonds. The number of aromatic nitrogens is 1. The van der Waals surface area contributed by atoms with Gasteiger partial charge in [0.1, 0.15) is 10.8 Å². The third kappa shape index (κ3) is 2.84.